The van der Waals surface area contributed by atoms with E-state index in [1.807, 2.05) is 7.05 Å². The van der Waals surface area contributed by atoms with Crippen LogP contribution >= 0.6 is 11.6 Å². The van der Waals surface area contributed by atoms with E-state index in [0.29, 0.717) is 6.04 Å². The fraction of sp³-hybridized carbons (Fsp3) is 0.615. The van der Waals surface area contributed by atoms with E-state index < -0.39 is 0 Å². The maximum Gasteiger partial charge on any atom is 0.129 e. The van der Waals surface area contributed by atoms with Crippen molar-refractivity contribution < 1.29 is 0 Å². The van der Waals surface area contributed by atoms with Crippen molar-refractivity contribution in [2.24, 2.45) is 0 Å². The Morgan fingerprint density at radius 1 is 1.53 bits per heavy atom. The minimum Gasteiger partial charge on any atom is -0.354 e. The second-order valence-electron chi connectivity index (χ2n) is 4.70. The van der Waals surface area contributed by atoms with Crippen LogP contribution in [0.2, 0.25) is 5.02 Å². The number of rotatable bonds is 3. The van der Waals surface area contributed by atoms with Crippen LogP contribution in [0.4, 0.5) is 5.82 Å². The summed E-state index contributed by atoms with van der Waals surface area (Å²) in [6.45, 7) is 4.17. The molecule has 1 unspecified atom stereocenters. The Morgan fingerprint density at radius 3 is 3.06 bits per heavy atom. The van der Waals surface area contributed by atoms with Gasteiger partial charge in [0.05, 0.1) is 5.02 Å². The highest BCUT2D eigenvalue weighted by Gasteiger charge is 2.20. The third kappa shape index (κ3) is 2.90. The largest absolute Gasteiger partial charge is 0.354 e. The smallest absolute Gasteiger partial charge is 0.129 e. The summed E-state index contributed by atoms with van der Waals surface area (Å²) >= 11 is 6.13. The van der Waals surface area contributed by atoms with Gasteiger partial charge in [-0.05, 0) is 44.9 Å². The Hall–Kier alpha value is -0.800. The van der Waals surface area contributed by atoms with Gasteiger partial charge in [0, 0.05) is 25.3 Å². The maximum absolute atomic E-state index is 6.13. The van der Waals surface area contributed by atoms with E-state index in [9.17, 15) is 0 Å². The molecular weight excluding hydrogens is 234 g/mol. The molecule has 0 spiro atoms. The van der Waals surface area contributed by atoms with E-state index in [2.05, 4.69) is 28.2 Å². The fourth-order valence-corrected chi connectivity index (χ4v) is 2.56. The minimum atomic E-state index is 0.583. The number of anilines is 1. The number of hydrogen-bond donors (Lipinski definition) is 1. The number of piperidine rings is 1. The van der Waals surface area contributed by atoms with Crippen molar-refractivity contribution in [3.05, 3.63) is 22.8 Å². The molecule has 0 saturated carbocycles. The van der Waals surface area contributed by atoms with Crippen molar-refractivity contribution in [2.75, 3.05) is 18.5 Å². The summed E-state index contributed by atoms with van der Waals surface area (Å²) < 4.78 is 0. The van der Waals surface area contributed by atoms with Crippen LogP contribution in [0.1, 0.15) is 31.7 Å². The zero-order valence-electron chi connectivity index (χ0n) is 10.5. The number of pyridine rings is 1. The maximum atomic E-state index is 6.13. The summed E-state index contributed by atoms with van der Waals surface area (Å²) in [4.78, 5) is 6.85. The average Bonchev–Trinajstić information content (AvgIpc) is 2.33. The zero-order valence-corrected chi connectivity index (χ0v) is 11.3. The molecule has 4 heteroatoms. The molecule has 0 bridgehead atoms. The van der Waals surface area contributed by atoms with Gasteiger partial charge >= 0.3 is 0 Å². The van der Waals surface area contributed by atoms with E-state index in [0.717, 1.165) is 29.5 Å². The topological polar surface area (TPSA) is 28.2 Å². The molecule has 1 fully saturated rings. The number of aromatic nitrogens is 1. The predicted molar refractivity (Wildman–Crippen MR) is 72.7 cm³/mol. The van der Waals surface area contributed by atoms with Crippen LogP contribution in [0, 0.1) is 0 Å². The van der Waals surface area contributed by atoms with Gasteiger partial charge in [-0.15, -0.1) is 0 Å². The van der Waals surface area contributed by atoms with Gasteiger partial charge in [-0.1, -0.05) is 11.6 Å². The molecule has 17 heavy (non-hydrogen) atoms. The fourth-order valence-electron chi connectivity index (χ4n) is 2.39. The van der Waals surface area contributed by atoms with Crippen molar-refractivity contribution in [2.45, 2.75) is 38.8 Å². The van der Waals surface area contributed by atoms with Gasteiger partial charge in [-0.2, -0.15) is 0 Å². The molecule has 1 aliphatic heterocycles. The van der Waals surface area contributed by atoms with E-state index >= 15 is 0 Å². The molecule has 3 nitrogen and oxygen atoms in total. The van der Waals surface area contributed by atoms with Crippen molar-refractivity contribution in [1.82, 2.24) is 10.3 Å². The van der Waals surface area contributed by atoms with Gasteiger partial charge in [0.25, 0.3) is 0 Å². The number of nitrogens with one attached hydrogen (secondary N) is 1. The Bertz CT molecular complexity index is 381. The molecule has 0 aromatic carbocycles. The SMILES string of the molecule is CNCc1cc(N2CCCCC2C)ncc1Cl. The second-order valence-corrected chi connectivity index (χ2v) is 5.11. The van der Waals surface area contributed by atoms with Crippen LogP contribution in [-0.4, -0.2) is 24.6 Å². The molecule has 1 aromatic heterocycles. The van der Waals surface area contributed by atoms with Crippen LogP contribution in [0.5, 0.6) is 0 Å². The Balaban J connectivity index is 2.22. The molecule has 1 atom stereocenters. The van der Waals surface area contributed by atoms with Gasteiger partial charge in [-0.3, -0.25) is 0 Å². The highest BCUT2D eigenvalue weighted by molar-refractivity contribution is 6.31. The molecule has 0 amide bonds. The third-order valence-corrected chi connectivity index (χ3v) is 3.73. The molecule has 2 rings (SSSR count). The molecule has 1 N–H and O–H groups in total. The summed E-state index contributed by atoms with van der Waals surface area (Å²) in [6.07, 6.45) is 5.61. The van der Waals surface area contributed by atoms with E-state index in [1.165, 1.54) is 19.3 Å². The molecule has 0 aliphatic carbocycles. The first kappa shape index (κ1) is 12.7. The summed E-state index contributed by atoms with van der Waals surface area (Å²) in [5.74, 6) is 1.06. The first-order valence-electron chi connectivity index (χ1n) is 6.28. The summed E-state index contributed by atoms with van der Waals surface area (Å²) in [5, 5.41) is 3.88. The van der Waals surface area contributed by atoms with Crippen LogP contribution in [0.25, 0.3) is 0 Å². The summed E-state index contributed by atoms with van der Waals surface area (Å²) in [6, 6.07) is 2.69. The number of nitrogens with zero attached hydrogens (tertiary/aromatic N) is 2. The van der Waals surface area contributed by atoms with Gasteiger partial charge < -0.3 is 10.2 Å². The predicted octanol–water partition coefficient (Wildman–Crippen LogP) is 2.83. The first-order chi connectivity index (χ1) is 8.22. The minimum absolute atomic E-state index is 0.583. The van der Waals surface area contributed by atoms with E-state index in [1.54, 1.807) is 6.20 Å². The van der Waals surface area contributed by atoms with Gasteiger partial charge in [0.15, 0.2) is 0 Å². The van der Waals surface area contributed by atoms with E-state index in [-0.39, 0.29) is 0 Å². The zero-order chi connectivity index (χ0) is 12.3. The third-order valence-electron chi connectivity index (χ3n) is 3.38. The Morgan fingerprint density at radius 2 is 2.35 bits per heavy atom. The van der Waals surface area contributed by atoms with Crippen molar-refractivity contribution >= 4 is 17.4 Å². The molecule has 2 heterocycles. The highest BCUT2D eigenvalue weighted by atomic mass is 35.5. The van der Waals surface area contributed by atoms with Crippen LogP contribution in [0.3, 0.4) is 0 Å². The second kappa shape index (κ2) is 5.69. The quantitative estimate of drug-likeness (QED) is 0.898. The van der Waals surface area contributed by atoms with Gasteiger partial charge in [-0.25, -0.2) is 4.98 Å². The lowest BCUT2D eigenvalue weighted by molar-refractivity contribution is 0.481. The first-order valence-corrected chi connectivity index (χ1v) is 6.66. The van der Waals surface area contributed by atoms with Crippen LogP contribution in [0.15, 0.2) is 12.3 Å². The standard InChI is InChI=1S/C13H20ClN3/c1-10-5-3-4-6-17(10)13-7-11(8-15-2)12(14)9-16-13/h7,9-10,15H,3-6,8H2,1-2H3. The van der Waals surface area contributed by atoms with Crippen molar-refractivity contribution in [3.63, 3.8) is 0 Å². The summed E-state index contributed by atoms with van der Waals surface area (Å²) in [7, 11) is 1.93. The normalized spacial score (nSPS) is 20.6. The Kier molecular flexibility index (Phi) is 4.24. The lowest BCUT2D eigenvalue weighted by Crippen LogP contribution is -2.38. The lowest BCUT2D eigenvalue weighted by Gasteiger charge is -2.34. The monoisotopic (exact) mass is 253 g/mol. The molecule has 1 aliphatic rings. The number of hydrogen-bond acceptors (Lipinski definition) is 3. The Labute approximate surface area is 108 Å². The molecule has 0 radical (unpaired) electrons. The average molecular weight is 254 g/mol. The van der Waals surface area contributed by atoms with Crippen LogP contribution in [-0.2, 0) is 6.54 Å². The van der Waals surface area contributed by atoms with Gasteiger partial charge in [0.1, 0.15) is 5.82 Å². The summed E-state index contributed by atoms with van der Waals surface area (Å²) in [5.41, 5.74) is 1.12. The van der Waals surface area contributed by atoms with Gasteiger partial charge in [0.2, 0.25) is 0 Å². The molecular formula is C13H20ClN3. The highest BCUT2D eigenvalue weighted by Crippen LogP contribution is 2.26. The molecule has 94 valence electrons. The van der Waals surface area contributed by atoms with Crippen molar-refractivity contribution in [1.29, 1.82) is 0 Å². The molecule has 1 saturated heterocycles. The molecule has 1 aromatic rings. The number of halogens is 1. The van der Waals surface area contributed by atoms with E-state index in [4.69, 9.17) is 11.6 Å². The lowest BCUT2D eigenvalue weighted by atomic mass is 10.0. The van der Waals surface area contributed by atoms with Crippen molar-refractivity contribution in [3.8, 4) is 0 Å². The van der Waals surface area contributed by atoms with Crippen LogP contribution < -0.4 is 10.2 Å².